The van der Waals surface area contributed by atoms with Crippen LogP contribution in [0.25, 0.3) is 0 Å². The van der Waals surface area contributed by atoms with E-state index in [0.717, 1.165) is 11.8 Å². The number of hydrogen-bond donors (Lipinski definition) is 0. The molecule has 1 radical (unpaired) electrons. The second-order valence-corrected chi connectivity index (χ2v) is 8.25. The SMILES string of the molecule is CC(C)CCCCCCCC=C/[C]=C/CCCCCCCC(C)C. The minimum atomic E-state index is 0.874. The van der Waals surface area contributed by atoms with E-state index in [4.69, 9.17) is 0 Å². The van der Waals surface area contributed by atoms with Crippen molar-refractivity contribution in [2.24, 2.45) is 11.8 Å². The number of allylic oxidation sites excluding steroid dienone is 4. The van der Waals surface area contributed by atoms with Gasteiger partial charge in [0.2, 0.25) is 0 Å². The van der Waals surface area contributed by atoms with Crippen LogP contribution in [0, 0.1) is 17.9 Å². The average molecular weight is 334 g/mol. The molecule has 0 atom stereocenters. The van der Waals surface area contributed by atoms with Gasteiger partial charge in [-0.25, -0.2) is 0 Å². The minimum absolute atomic E-state index is 0.874. The fourth-order valence-corrected chi connectivity index (χ4v) is 2.98. The summed E-state index contributed by atoms with van der Waals surface area (Å²) in [5, 5.41) is 0. The summed E-state index contributed by atoms with van der Waals surface area (Å²) < 4.78 is 0. The van der Waals surface area contributed by atoms with Crippen molar-refractivity contribution in [1.82, 2.24) is 0 Å². The molecule has 0 aromatic heterocycles. The van der Waals surface area contributed by atoms with Crippen LogP contribution in [0.5, 0.6) is 0 Å². The summed E-state index contributed by atoms with van der Waals surface area (Å²) in [6, 6.07) is 0. The molecule has 0 heteroatoms. The van der Waals surface area contributed by atoms with Crippen LogP contribution >= 0.6 is 0 Å². The molecule has 0 saturated carbocycles. The molecule has 0 aliphatic rings. The van der Waals surface area contributed by atoms with Crippen LogP contribution in [-0.2, 0) is 0 Å². The van der Waals surface area contributed by atoms with Gasteiger partial charge in [0.15, 0.2) is 0 Å². The molecule has 0 amide bonds. The molecule has 0 fully saturated rings. The minimum Gasteiger partial charge on any atom is -0.0839 e. The zero-order chi connectivity index (χ0) is 17.9. The van der Waals surface area contributed by atoms with Crippen molar-refractivity contribution < 1.29 is 0 Å². The molecular formula is C24H45. The summed E-state index contributed by atoms with van der Waals surface area (Å²) in [5.74, 6) is 1.75. The Morgan fingerprint density at radius 1 is 0.583 bits per heavy atom. The Balaban J connectivity index is 3.20. The molecule has 0 bridgehead atoms. The molecule has 0 heterocycles. The monoisotopic (exact) mass is 333 g/mol. The molecule has 0 aromatic rings. The van der Waals surface area contributed by atoms with E-state index in [2.05, 4.69) is 52.0 Å². The van der Waals surface area contributed by atoms with Gasteiger partial charge in [-0.3, -0.25) is 0 Å². The highest BCUT2D eigenvalue weighted by molar-refractivity contribution is 4.94. The molecule has 141 valence electrons. The maximum atomic E-state index is 3.32. The van der Waals surface area contributed by atoms with Gasteiger partial charge in [-0.05, 0) is 43.6 Å². The lowest BCUT2D eigenvalue weighted by Crippen LogP contribution is -1.87. The molecule has 24 heavy (non-hydrogen) atoms. The normalized spacial score (nSPS) is 12.4. The highest BCUT2D eigenvalue weighted by Gasteiger charge is 1.95. The molecule has 0 aromatic carbocycles. The van der Waals surface area contributed by atoms with Gasteiger partial charge in [-0.15, -0.1) is 0 Å². The van der Waals surface area contributed by atoms with Gasteiger partial charge in [0.1, 0.15) is 0 Å². The molecule has 0 rings (SSSR count). The number of hydrogen-bond acceptors (Lipinski definition) is 0. The lowest BCUT2D eigenvalue weighted by atomic mass is 10.0. The van der Waals surface area contributed by atoms with Crippen LogP contribution in [0.4, 0.5) is 0 Å². The van der Waals surface area contributed by atoms with Crippen molar-refractivity contribution in [1.29, 1.82) is 0 Å². The first-order valence-electron chi connectivity index (χ1n) is 10.9. The van der Waals surface area contributed by atoms with Gasteiger partial charge in [0, 0.05) is 0 Å². The zero-order valence-corrected chi connectivity index (χ0v) is 17.3. The number of unbranched alkanes of at least 4 members (excludes halogenated alkanes) is 10. The van der Waals surface area contributed by atoms with Gasteiger partial charge < -0.3 is 0 Å². The van der Waals surface area contributed by atoms with Crippen molar-refractivity contribution in [3.63, 3.8) is 0 Å². The quantitative estimate of drug-likeness (QED) is 0.184. The second kappa shape index (κ2) is 18.8. The first-order chi connectivity index (χ1) is 11.6. The first-order valence-corrected chi connectivity index (χ1v) is 10.9. The third-order valence-electron chi connectivity index (χ3n) is 4.61. The fraction of sp³-hybridized carbons (Fsp3) is 0.833. The Morgan fingerprint density at radius 3 is 1.58 bits per heavy atom. The van der Waals surface area contributed by atoms with E-state index in [1.807, 2.05) is 0 Å². The van der Waals surface area contributed by atoms with Gasteiger partial charge in [0.05, 0.1) is 0 Å². The molecule has 0 nitrogen and oxygen atoms in total. The molecule has 0 unspecified atom stereocenters. The van der Waals surface area contributed by atoms with Crippen LogP contribution in [0.3, 0.4) is 0 Å². The molecule has 0 N–H and O–H groups in total. The van der Waals surface area contributed by atoms with Crippen LogP contribution in [0.1, 0.15) is 118 Å². The first kappa shape index (κ1) is 23.5. The van der Waals surface area contributed by atoms with Crippen molar-refractivity contribution in [3.8, 4) is 0 Å². The predicted octanol–water partition coefficient (Wildman–Crippen LogP) is 8.68. The van der Waals surface area contributed by atoms with Crippen molar-refractivity contribution in [2.45, 2.75) is 118 Å². The summed E-state index contributed by atoms with van der Waals surface area (Å²) >= 11 is 0. The second-order valence-electron chi connectivity index (χ2n) is 8.25. The van der Waals surface area contributed by atoms with E-state index >= 15 is 0 Å². The maximum absolute atomic E-state index is 3.32. The Labute approximate surface area is 154 Å². The molecular weight excluding hydrogens is 288 g/mol. The van der Waals surface area contributed by atoms with E-state index in [1.54, 1.807) is 0 Å². The van der Waals surface area contributed by atoms with Crippen molar-refractivity contribution in [3.05, 3.63) is 24.3 Å². The molecule has 0 aliphatic heterocycles. The Bertz CT molecular complexity index is 252. The average Bonchev–Trinajstić information content (AvgIpc) is 2.53. The summed E-state index contributed by atoms with van der Waals surface area (Å²) in [5.41, 5.74) is 0. The lowest BCUT2D eigenvalue weighted by Gasteiger charge is -2.03. The summed E-state index contributed by atoms with van der Waals surface area (Å²) in [6.07, 6.45) is 29.1. The van der Waals surface area contributed by atoms with E-state index in [-0.39, 0.29) is 0 Å². The molecule has 0 aliphatic carbocycles. The molecule has 0 saturated heterocycles. The molecule has 0 spiro atoms. The Morgan fingerprint density at radius 2 is 1.04 bits per heavy atom. The fourth-order valence-electron chi connectivity index (χ4n) is 2.98. The summed E-state index contributed by atoms with van der Waals surface area (Å²) in [6.45, 7) is 9.29. The number of rotatable bonds is 17. The Hall–Kier alpha value is -0.520. The van der Waals surface area contributed by atoms with Gasteiger partial charge >= 0.3 is 0 Å². The van der Waals surface area contributed by atoms with Crippen LogP contribution < -0.4 is 0 Å². The maximum Gasteiger partial charge on any atom is -0.0230 e. The van der Waals surface area contributed by atoms with Crippen molar-refractivity contribution in [2.75, 3.05) is 0 Å². The topological polar surface area (TPSA) is 0 Å². The van der Waals surface area contributed by atoms with Gasteiger partial charge in [0.25, 0.3) is 0 Å². The Kier molecular flexibility index (Phi) is 18.4. The largest absolute Gasteiger partial charge is 0.0839 e. The predicted molar refractivity (Wildman–Crippen MR) is 111 cm³/mol. The van der Waals surface area contributed by atoms with E-state index < -0.39 is 0 Å². The van der Waals surface area contributed by atoms with E-state index in [1.165, 1.54) is 89.9 Å². The van der Waals surface area contributed by atoms with Crippen LogP contribution in [-0.4, -0.2) is 0 Å². The van der Waals surface area contributed by atoms with E-state index in [0.29, 0.717) is 0 Å². The van der Waals surface area contributed by atoms with Gasteiger partial charge in [-0.1, -0.05) is 110 Å². The highest BCUT2D eigenvalue weighted by Crippen LogP contribution is 2.12. The summed E-state index contributed by atoms with van der Waals surface area (Å²) in [4.78, 5) is 0. The third kappa shape index (κ3) is 21.5. The van der Waals surface area contributed by atoms with Crippen LogP contribution in [0.15, 0.2) is 18.2 Å². The smallest absolute Gasteiger partial charge is 0.0230 e. The lowest BCUT2D eigenvalue weighted by molar-refractivity contribution is 0.515. The van der Waals surface area contributed by atoms with Crippen LogP contribution in [0.2, 0.25) is 0 Å². The van der Waals surface area contributed by atoms with Crippen molar-refractivity contribution >= 4 is 0 Å². The zero-order valence-electron chi connectivity index (χ0n) is 17.3. The van der Waals surface area contributed by atoms with E-state index in [9.17, 15) is 0 Å². The standard InChI is InChI=1S/C24H45/c1-23(2)21-19-17-15-13-11-9-7-5-6-8-10-12-14-16-18-20-22-24(3)4/h5,7-8,23-24H,9-22H2,1-4H3. The third-order valence-corrected chi connectivity index (χ3v) is 4.61. The summed E-state index contributed by atoms with van der Waals surface area (Å²) in [7, 11) is 0. The van der Waals surface area contributed by atoms with Gasteiger partial charge in [-0.2, -0.15) is 0 Å². The highest BCUT2D eigenvalue weighted by atomic mass is 14.0.